The summed E-state index contributed by atoms with van der Waals surface area (Å²) >= 11 is 4.18. The zero-order valence-electron chi connectivity index (χ0n) is 7.29. The molecule has 12 heavy (non-hydrogen) atoms. The molecule has 70 valence electrons. The second-order valence-corrected chi connectivity index (χ2v) is 6.56. The Bertz CT molecular complexity index is 139. The molecule has 0 N–H and O–H groups in total. The van der Waals surface area contributed by atoms with E-state index in [4.69, 9.17) is 0 Å². The summed E-state index contributed by atoms with van der Waals surface area (Å²) in [6, 6.07) is 0. The van der Waals surface area contributed by atoms with Gasteiger partial charge in [0.1, 0.15) is 0 Å². The molecule has 3 heteroatoms. The average molecular weight is 220 g/mol. The molecule has 0 aromatic heterocycles. The Hall–Kier alpha value is 0.790. The molecule has 0 radical (unpaired) electrons. The van der Waals surface area contributed by atoms with Crippen LogP contribution in [0.3, 0.4) is 0 Å². The Balaban J connectivity index is 1.91. The number of thiol groups is 1. The molecule has 0 aliphatic carbocycles. The predicted octanol–water partition coefficient (Wildman–Crippen LogP) is 4.14. The molecule has 0 amide bonds. The first-order valence-electron chi connectivity index (χ1n) is 4.44. The zero-order valence-corrected chi connectivity index (χ0v) is 9.82. The average Bonchev–Trinajstić information content (AvgIpc) is 2.49. The van der Waals surface area contributed by atoms with Crippen LogP contribution in [-0.2, 0) is 0 Å². The summed E-state index contributed by atoms with van der Waals surface area (Å²) in [5.41, 5.74) is 0. The molecule has 0 unspecified atom stereocenters. The van der Waals surface area contributed by atoms with E-state index in [1.54, 1.807) is 0 Å². The fourth-order valence-electron chi connectivity index (χ4n) is 1.27. The van der Waals surface area contributed by atoms with Gasteiger partial charge in [0.15, 0.2) is 0 Å². The topological polar surface area (TPSA) is 0 Å². The molecule has 0 aromatic carbocycles. The molecule has 1 heterocycles. The number of unbranched alkanes of at least 4 members (excludes halogenated alkanes) is 1. The Morgan fingerprint density at radius 2 is 2.33 bits per heavy atom. The fraction of sp³-hybridized carbons (Fsp3) is 0.778. The molecule has 0 saturated carbocycles. The van der Waals surface area contributed by atoms with Crippen LogP contribution >= 0.6 is 34.2 Å². The van der Waals surface area contributed by atoms with E-state index in [2.05, 4.69) is 30.0 Å². The van der Waals surface area contributed by atoms with Crippen molar-refractivity contribution in [2.45, 2.75) is 37.4 Å². The monoisotopic (exact) mass is 220 g/mol. The summed E-state index contributed by atoms with van der Waals surface area (Å²) < 4.78 is 0. The van der Waals surface area contributed by atoms with Crippen LogP contribution in [-0.4, -0.2) is 11.0 Å². The largest absolute Gasteiger partial charge is 0.149 e. The Morgan fingerprint density at radius 1 is 1.50 bits per heavy atom. The van der Waals surface area contributed by atoms with Crippen LogP contribution in [0.1, 0.15) is 32.1 Å². The lowest BCUT2D eigenvalue weighted by Gasteiger charge is -2.05. The summed E-state index contributed by atoms with van der Waals surface area (Å²) in [4.78, 5) is 1.03. The Morgan fingerprint density at radius 3 is 2.92 bits per heavy atom. The highest BCUT2D eigenvalue weighted by Crippen LogP contribution is 2.39. The van der Waals surface area contributed by atoms with E-state index in [9.17, 15) is 0 Å². The SMILES string of the molecule is C=C(S)CCCC[C@@H]1CCSS1. The van der Waals surface area contributed by atoms with Crippen molar-refractivity contribution in [2.24, 2.45) is 0 Å². The molecule has 1 aliphatic rings. The van der Waals surface area contributed by atoms with Gasteiger partial charge in [-0.3, -0.25) is 0 Å². The number of hydrogen-bond donors (Lipinski definition) is 1. The summed E-state index contributed by atoms with van der Waals surface area (Å²) in [5, 5.41) is 0.934. The van der Waals surface area contributed by atoms with Crippen molar-refractivity contribution in [1.82, 2.24) is 0 Å². The van der Waals surface area contributed by atoms with Crippen LogP contribution < -0.4 is 0 Å². The molecule has 0 nitrogen and oxygen atoms in total. The van der Waals surface area contributed by atoms with Gasteiger partial charge in [0.2, 0.25) is 0 Å². The van der Waals surface area contributed by atoms with Crippen LogP contribution in [0.5, 0.6) is 0 Å². The van der Waals surface area contributed by atoms with Gasteiger partial charge in [-0.1, -0.05) is 34.6 Å². The van der Waals surface area contributed by atoms with Gasteiger partial charge in [0.05, 0.1) is 0 Å². The number of hydrogen-bond acceptors (Lipinski definition) is 3. The van der Waals surface area contributed by atoms with Crippen molar-refractivity contribution in [2.75, 3.05) is 5.75 Å². The van der Waals surface area contributed by atoms with Crippen molar-refractivity contribution >= 4 is 34.2 Å². The van der Waals surface area contributed by atoms with Gasteiger partial charge in [-0.15, -0.1) is 12.6 Å². The minimum atomic E-state index is 0.934. The van der Waals surface area contributed by atoms with E-state index < -0.39 is 0 Å². The van der Waals surface area contributed by atoms with E-state index in [0.717, 1.165) is 16.6 Å². The molecular weight excluding hydrogens is 204 g/mol. The molecule has 0 bridgehead atoms. The van der Waals surface area contributed by atoms with Gasteiger partial charge in [-0.25, -0.2) is 0 Å². The van der Waals surface area contributed by atoms with Crippen LogP contribution in [0.4, 0.5) is 0 Å². The van der Waals surface area contributed by atoms with E-state index in [1.807, 2.05) is 10.8 Å². The highest BCUT2D eigenvalue weighted by molar-refractivity contribution is 8.77. The maximum atomic E-state index is 4.18. The van der Waals surface area contributed by atoms with Crippen LogP contribution in [0.25, 0.3) is 0 Å². The summed E-state index contributed by atoms with van der Waals surface area (Å²) in [6.07, 6.45) is 6.51. The molecule has 0 aromatic rings. The second-order valence-electron chi connectivity index (χ2n) is 3.14. The third-order valence-electron chi connectivity index (χ3n) is 1.97. The predicted molar refractivity (Wildman–Crippen MR) is 65.0 cm³/mol. The lowest BCUT2D eigenvalue weighted by Crippen LogP contribution is -1.96. The minimum absolute atomic E-state index is 0.934. The quantitative estimate of drug-likeness (QED) is 0.420. The molecule has 1 fully saturated rings. The van der Waals surface area contributed by atoms with Gasteiger partial charge < -0.3 is 0 Å². The molecule has 1 rings (SSSR count). The van der Waals surface area contributed by atoms with E-state index in [1.165, 1.54) is 31.4 Å². The number of allylic oxidation sites excluding steroid dienone is 1. The first-order chi connectivity index (χ1) is 5.79. The molecule has 1 aliphatic heterocycles. The zero-order chi connectivity index (χ0) is 8.81. The van der Waals surface area contributed by atoms with Crippen LogP contribution in [0.15, 0.2) is 11.5 Å². The molecule has 1 saturated heterocycles. The van der Waals surface area contributed by atoms with Crippen molar-refractivity contribution < 1.29 is 0 Å². The lowest BCUT2D eigenvalue weighted by molar-refractivity contribution is 0.655. The van der Waals surface area contributed by atoms with Crippen molar-refractivity contribution in [3.63, 3.8) is 0 Å². The van der Waals surface area contributed by atoms with E-state index >= 15 is 0 Å². The lowest BCUT2D eigenvalue weighted by atomic mass is 10.1. The normalized spacial score (nSPS) is 22.9. The van der Waals surface area contributed by atoms with Crippen molar-refractivity contribution in [1.29, 1.82) is 0 Å². The Kier molecular flexibility index (Phi) is 5.68. The minimum Gasteiger partial charge on any atom is -0.149 e. The molecular formula is C9H16S3. The van der Waals surface area contributed by atoms with Gasteiger partial charge in [-0.05, 0) is 30.6 Å². The Labute approximate surface area is 88.8 Å². The first kappa shape index (κ1) is 10.9. The summed E-state index contributed by atoms with van der Waals surface area (Å²) in [7, 11) is 4.11. The highest BCUT2D eigenvalue weighted by Gasteiger charge is 2.15. The number of rotatable bonds is 5. The molecule has 1 atom stereocenters. The first-order valence-corrected chi connectivity index (χ1v) is 7.27. The second kappa shape index (κ2) is 6.28. The van der Waals surface area contributed by atoms with Crippen molar-refractivity contribution in [3.05, 3.63) is 11.5 Å². The summed E-state index contributed by atoms with van der Waals surface area (Å²) in [6.45, 7) is 3.78. The maximum Gasteiger partial charge on any atom is 0.0159 e. The smallest absolute Gasteiger partial charge is 0.0159 e. The maximum absolute atomic E-state index is 4.18. The van der Waals surface area contributed by atoms with Crippen LogP contribution in [0, 0.1) is 0 Å². The van der Waals surface area contributed by atoms with E-state index in [-0.39, 0.29) is 0 Å². The van der Waals surface area contributed by atoms with E-state index in [0.29, 0.717) is 0 Å². The molecule has 0 spiro atoms. The fourth-order valence-corrected chi connectivity index (χ4v) is 4.45. The third-order valence-corrected chi connectivity index (χ3v) is 5.20. The highest BCUT2D eigenvalue weighted by atomic mass is 33.1. The van der Waals surface area contributed by atoms with Crippen molar-refractivity contribution in [3.8, 4) is 0 Å². The third kappa shape index (κ3) is 4.73. The standard InChI is InChI=1S/C9H16S3/c1-8(10)4-2-3-5-9-6-7-11-12-9/h9-10H,1-7H2/t9-/m1/s1. The van der Waals surface area contributed by atoms with Gasteiger partial charge in [0, 0.05) is 11.0 Å². The van der Waals surface area contributed by atoms with Crippen LogP contribution in [0.2, 0.25) is 0 Å². The summed E-state index contributed by atoms with van der Waals surface area (Å²) in [5.74, 6) is 1.36. The van der Waals surface area contributed by atoms with Gasteiger partial charge in [-0.2, -0.15) is 0 Å². The van der Waals surface area contributed by atoms with Gasteiger partial charge in [0.25, 0.3) is 0 Å². The van der Waals surface area contributed by atoms with Gasteiger partial charge >= 0.3 is 0 Å².